The Labute approximate surface area is 179 Å². The molecular formula is C19H25N3O6S2. The maximum absolute atomic E-state index is 12.6. The molecule has 0 bridgehead atoms. The highest BCUT2D eigenvalue weighted by Gasteiger charge is 2.23. The van der Waals surface area contributed by atoms with Gasteiger partial charge in [0.2, 0.25) is 10.0 Å². The molecule has 11 heteroatoms. The monoisotopic (exact) mass is 455 g/mol. The minimum absolute atomic E-state index is 0.0420. The summed E-state index contributed by atoms with van der Waals surface area (Å²) in [6.07, 6.45) is 0. The summed E-state index contributed by atoms with van der Waals surface area (Å²) in [5, 5.41) is 15.7. The Bertz CT molecular complexity index is 974. The number of thiophene rings is 1. The summed E-state index contributed by atoms with van der Waals surface area (Å²) in [6, 6.07) is 5.87. The van der Waals surface area contributed by atoms with Crippen LogP contribution in [0, 0.1) is 0 Å². The largest absolute Gasteiger partial charge is 0.452 e. The fraction of sp³-hybridized carbons (Fsp3) is 0.368. The average molecular weight is 456 g/mol. The molecule has 0 spiro atoms. The first-order chi connectivity index (χ1) is 14.2. The molecule has 1 aromatic carbocycles. The van der Waals surface area contributed by atoms with Crippen molar-refractivity contribution in [3.05, 3.63) is 46.2 Å². The second-order valence-corrected chi connectivity index (χ2v) is 9.53. The van der Waals surface area contributed by atoms with Gasteiger partial charge in [-0.3, -0.25) is 4.79 Å². The summed E-state index contributed by atoms with van der Waals surface area (Å²) in [5.74, 6) is -1.24. The number of hydrogen-bond donors (Lipinski definition) is 2. The fourth-order valence-corrected chi connectivity index (χ4v) is 4.06. The van der Waals surface area contributed by atoms with Crippen molar-refractivity contribution >= 4 is 38.9 Å². The van der Waals surface area contributed by atoms with Gasteiger partial charge in [0.25, 0.3) is 5.91 Å². The maximum Gasteiger partial charge on any atom is 0.340 e. The minimum Gasteiger partial charge on any atom is -0.452 e. The Morgan fingerprint density at radius 2 is 1.93 bits per heavy atom. The number of carbonyl (C=O) groups is 2. The van der Waals surface area contributed by atoms with Crippen LogP contribution in [0.25, 0.3) is 0 Å². The highest BCUT2D eigenvalue weighted by atomic mass is 32.2. The normalized spacial score (nSPS) is 11.4. The molecule has 2 N–H and O–H groups in total. The van der Waals surface area contributed by atoms with Crippen LogP contribution < -0.4 is 5.32 Å². The number of rotatable bonds is 10. The summed E-state index contributed by atoms with van der Waals surface area (Å²) in [4.78, 5) is 26.2. The van der Waals surface area contributed by atoms with E-state index in [0.29, 0.717) is 12.2 Å². The van der Waals surface area contributed by atoms with Gasteiger partial charge in [-0.25, -0.2) is 17.5 Å². The standard InChI is InChI=1S/C19H25N3O6S2/c1-21(2)30(26,27)15-4-5-17(20-7-8-23)16(10-15)19(25)28-12-18(24)22(3)11-14-6-9-29-13-14/h4-6,9-10,13,20,23H,7-8,11-12H2,1-3H3. The smallest absolute Gasteiger partial charge is 0.340 e. The molecule has 2 rings (SSSR count). The highest BCUT2D eigenvalue weighted by molar-refractivity contribution is 7.89. The van der Waals surface area contributed by atoms with Crippen LogP contribution >= 0.6 is 11.3 Å². The van der Waals surface area contributed by atoms with Gasteiger partial charge in [0.15, 0.2) is 6.61 Å². The summed E-state index contributed by atoms with van der Waals surface area (Å²) in [5.41, 5.74) is 1.23. The number of hydrogen-bond acceptors (Lipinski definition) is 8. The van der Waals surface area contributed by atoms with Crippen LogP contribution in [0.15, 0.2) is 39.9 Å². The van der Waals surface area contributed by atoms with Gasteiger partial charge in [0.05, 0.1) is 17.1 Å². The minimum atomic E-state index is -3.77. The van der Waals surface area contributed by atoms with Crippen LogP contribution in [0.3, 0.4) is 0 Å². The van der Waals surface area contributed by atoms with E-state index in [2.05, 4.69) is 5.32 Å². The molecule has 0 aliphatic heterocycles. The molecule has 0 aliphatic rings. The van der Waals surface area contributed by atoms with Crippen molar-refractivity contribution in [1.29, 1.82) is 0 Å². The number of carbonyl (C=O) groups excluding carboxylic acids is 2. The van der Waals surface area contributed by atoms with E-state index >= 15 is 0 Å². The van der Waals surface area contributed by atoms with Crippen molar-refractivity contribution in [2.24, 2.45) is 0 Å². The topological polar surface area (TPSA) is 116 Å². The van der Waals surface area contributed by atoms with Gasteiger partial charge in [-0.2, -0.15) is 11.3 Å². The van der Waals surface area contributed by atoms with Crippen molar-refractivity contribution in [3.63, 3.8) is 0 Å². The van der Waals surface area contributed by atoms with E-state index in [1.165, 1.54) is 48.5 Å². The number of nitrogens with one attached hydrogen (secondary N) is 1. The molecule has 0 saturated carbocycles. The number of ether oxygens (including phenoxy) is 1. The number of nitrogens with zero attached hydrogens (tertiary/aromatic N) is 2. The molecule has 0 fully saturated rings. The van der Waals surface area contributed by atoms with Crippen LogP contribution in [0.5, 0.6) is 0 Å². The number of aliphatic hydroxyl groups is 1. The SMILES string of the molecule is CN(Cc1ccsc1)C(=O)COC(=O)c1cc(S(=O)(=O)N(C)C)ccc1NCCO. The second kappa shape index (κ2) is 10.5. The first-order valence-electron chi connectivity index (χ1n) is 9.00. The molecule has 0 aliphatic carbocycles. The molecule has 1 aromatic heterocycles. The zero-order valence-electron chi connectivity index (χ0n) is 17.0. The van der Waals surface area contributed by atoms with Crippen LogP contribution in [0.4, 0.5) is 5.69 Å². The Morgan fingerprint density at radius 1 is 1.20 bits per heavy atom. The lowest BCUT2D eigenvalue weighted by molar-refractivity contribution is -0.133. The molecule has 2 aromatic rings. The Balaban J connectivity index is 2.16. The lowest BCUT2D eigenvalue weighted by atomic mass is 10.2. The first-order valence-corrected chi connectivity index (χ1v) is 11.4. The molecule has 0 unspecified atom stereocenters. The zero-order chi connectivity index (χ0) is 22.3. The molecule has 0 atom stereocenters. The molecule has 0 radical (unpaired) electrons. The van der Waals surface area contributed by atoms with E-state index in [1.54, 1.807) is 7.05 Å². The number of sulfonamides is 1. The molecule has 0 saturated heterocycles. The highest BCUT2D eigenvalue weighted by Crippen LogP contribution is 2.23. The van der Waals surface area contributed by atoms with Crippen molar-refractivity contribution in [2.45, 2.75) is 11.4 Å². The number of anilines is 1. The quantitative estimate of drug-likeness (QED) is 0.518. The van der Waals surface area contributed by atoms with E-state index in [4.69, 9.17) is 9.84 Å². The molecule has 9 nitrogen and oxygen atoms in total. The fourth-order valence-electron chi connectivity index (χ4n) is 2.47. The lowest BCUT2D eigenvalue weighted by Gasteiger charge is -2.18. The zero-order valence-corrected chi connectivity index (χ0v) is 18.6. The molecule has 1 amide bonds. The summed E-state index contributed by atoms with van der Waals surface area (Å²) in [7, 11) is 0.598. The van der Waals surface area contributed by atoms with E-state index in [-0.39, 0.29) is 23.6 Å². The number of amides is 1. The third-order valence-corrected chi connectivity index (χ3v) is 6.71. The number of benzene rings is 1. The summed E-state index contributed by atoms with van der Waals surface area (Å²) < 4.78 is 31.0. The Hall–Kier alpha value is -2.47. The van der Waals surface area contributed by atoms with Gasteiger partial charge in [0.1, 0.15) is 0 Å². The van der Waals surface area contributed by atoms with Gasteiger partial charge in [0, 0.05) is 39.9 Å². The van der Waals surface area contributed by atoms with Gasteiger partial charge in [-0.1, -0.05) is 0 Å². The van der Waals surface area contributed by atoms with Crippen LogP contribution in [0.1, 0.15) is 15.9 Å². The third kappa shape index (κ3) is 6.02. The second-order valence-electron chi connectivity index (χ2n) is 6.60. The molecule has 1 heterocycles. The third-order valence-electron chi connectivity index (χ3n) is 4.17. The van der Waals surface area contributed by atoms with Crippen LogP contribution in [0.2, 0.25) is 0 Å². The Morgan fingerprint density at radius 3 is 2.53 bits per heavy atom. The van der Waals surface area contributed by atoms with E-state index < -0.39 is 28.5 Å². The summed E-state index contributed by atoms with van der Waals surface area (Å²) in [6.45, 7) is -0.121. The van der Waals surface area contributed by atoms with E-state index in [9.17, 15) is 18.0 Å². The van der Waals surface area contributed by atoms with Crippen molar-refractivity contribution in [2.75, 3.05) is 46.2 Å². The first kappa shape index (κ1) is 23.8. The number of aliphatic hydroxyl groups excluding tert-OH is 1. The van der Waals surface area contributed by atoms with Crippen molar-refractivity contribution in [3.8, 4) is 0 Å². The van der Waals surface area contributed by atoms with Crippen molar-refractivity contribution in [1.82, 2.24) is 9.21 Å². The van der Waals surface area contributed by atoms with E-state index in [1.807, 2.05) is 16.8 Å². The van der Waals surface area contributed by atoms with Crippen LogP contribution in [-0.2, 0) is 26.1 Å². The predicted octanol–water partition coefficient (Wildman–Crippen LogP) is 1.22. The molecular weight excluding hydrogens is 430 g/mol. The van der Waals surface area contributed by atoms with Gasteiger partial charge >= 0.3 is 5.97 Å². The summed E-state index contributed by atoms with van der Waals surface area (Å²) >= 11 is 1.52. The molecule has 30 heavy (non-hydrogen) atoms. The number of likely N-dealkylation sites (N-methyl/N-ethyl adjacent to an activating group) is 1. The van der Waals surface area contributed by atoms with Gasteiger partial charge < -0.3 is 20.1 Å². The molecule has 164 valence electrons. The van der Waals surface area contributed by atoms with Gasteiger partial charge in [-0.05, 0) is 40.6 Å². The van der Waals surface area contributed by atoms with Crippen LogP contribution in [-0.4, -0.2) is 75.5 Å². The maximum atomic E-state index is 12.6. The number of esters is 1. The lowest BCUT2D eigenvalue weighted by Crippen LogP contribution is -2.31. The average Bonchev–Trinajstić information content (AvgIpc) is 3.22. The predicted molar refractivity (Wildman–Crippen MR) is 114 cm³/mol. The van der Waals surface area contributed by atoms with Crippen molar-refractivity contribution < 1.29 is 27.9 Å². The van der Waals surface area contributed by atoms with Gasteiger partial charge in [-0.15, -0.1) is 0 Å². The Kier molecular flexibility index (Phi) is 8.35. The van der Waals surface area contributed by atoms with E-state index in [0.717, 1.165) is 9.87 Å².